The number of guanidine groups is 1. The zero-order valence-corrected chi connectivity index (χ0v) is 21.4. The molecule has 0 unspecified atom stereocenters. The number of benzene rings is 3. The van der Waals surface area contributed by atoms with E-state index in [9.17, 15) is 8.42 Å². The molecule has 6 nitrogen and oxygen atoms in total. The first-order valence-electron chi connectivity index (χ1n) is 12.0. The Bertz CT molecular complexity index is 1270. The lowest BCUT2D eigenvalue weighted by Gasteiger charge is -2.31. The van der Waals surface area contributed by atoms with E-state index in [0.29, 0.717) is 30.4 Å². The van der Waals surface area contributed by atoms with Gasteiger partial charge in [-0.25, -0.2) is 13.1 Å². The molecule has 0 fully saturated rings. The molecule has 3 N–H and O–H groups in total. The molecule has 7 heteroatoms. The first kappa shape index (κ1) is 24.9. The first-order valence-corrected chi connectivity index (χ1v) is 13.5. The van der Waals surface area contributed by atoms with Gasteiger partial charge in [-0.3, -0.25) is 4.99 Å². The third-order valence-corrected chi connectivity index (χ3v) is 8.28. The number of nitrogens with two attached hydrogens (primary N) is 1. The van der Waals surface area contributed by atoms with E-state index in [0.717, 1.165) is 28.7 Å². The zero-order valence-electron chi connectivity index (χ0n) is 20.6. The van der Waals surface area contributed by atoms with Crippen LogP contribution in [-0.2, 0) is 22.9 Å². The monoisotopic (exact) mass is 490 g/mol. The molecule has 1 heterocycles. The predicted molar refractivity (Wildman–Crippen MR) is 142 cm³/mol. The van der Waals surface area contributed by atoms with Crippen molar-refractivity contribution >= 4 is 16.0 Å². The van der Waals surface area contributed by atoms with E-state index in [1.54, 1.807) is 0 Å². The summed E-state index contributed by atoms with van der Waals surface area (Å²) in [6, 6.07) is 23.7. The van der Waals surface area contributed by atoms with Crippen LogP contribution in [0.1, 0.15) is 27.8 Å². The van der Waals surface area contributed by atoms with Gasteiger partial charge in [0.15, 0.2) is 5.96 Å². The van der Waals surface area contributed by atoms with Crippen LogP contribution in [-0.4, -0.2) is 44.5 Å². The van der Waals surface area contributed by atoms with Gasteiger partial charge in [0.05, 0.1) is 17.5 Å². The average molecular weight is 491 g/mol. The molecule has 2 atom stereocenters. The highest BCUT2D eigenvalue weighted by Gasteiger charge is 2.31. The van der Waals surface area contributed by atoms with Crippen molar-refractivity contribution in [3.05, 3.63) is 101 Å². The molecular weight excluding hydrogens is 456 g/mol. The van der Waals surface area contributed by atoms with Crippen LogP contribution in [0.4, 0.5) is 0 Å². The number of nitrogens with one attached hydrogen (secondary N) is 1. The van der Waals surface area contributed by atoms with Gasteiger partial charge in [0.1, 0.15) is 0 Å². The van der Waals surface area contributed by atoms with E-state index in [2.05, 4.69) is 26.7 Å². The number of hydrogen-bond acceptors (Lipinski definition) is 5. The summed E-state index contributed by atoms with van der Waals surface area (Å²) in [5.41, 5.74) is 11.1. The van der Waals surface area contributed by atoms with Gasteiger partial charge in [-0.05, 0) is 55.9 Å². The van der Waals surface area contributed by atoms with Crippen LogP contribution in [0.5, 0.6) is 0 Å². The quantitative estimate of drug-likeness (QED) is 0.478. The standard InChI is InChI=1S/C28H34N4O2S/c1-20-14-21(2)27(22(3)15-20)35(33,34)31-25(16-23-10-6-4-7-11-23)19-32-26(18-30-28(32)29)17-24-12-8-5-9-13-24/h4-15,25-26,31H,16-19H2,1-3H3,(H2,29,30)/t25-,26-/m0/s1. The zero-order chi connectivity index (χ0) is 25.0. The number of sulfonamides is 1. The van der Waals surface area contributed by atoms with Gasteiger partial charge >= 0.3 is 0 Å². The Morgan fingerprint density at radius 2 is 1.54 bits per heavy atom. The van der Waals surface area contributed by atoms with Crippen LogP contribution < -0.4 is 10.5 Å². The Hall–Kier alpha value is -3.16. The van der Waals surface area contributed by atoms with Gasteiger partial charge in [0.25, 0.3) is 0 Å². The Kier molecular flexibility index (Phi) is 7.57. The van der Waals surface area contributed by atoms with Crippen molar-refractivity contribution in [3.63, 3.8) is 0 Å². The number of aryl methyl sites for hydroxylation is 3. The van der Waals surface area contributed by atoms with Crippen molar-refractivity contribution in [1.82, 2.24) is 9.62 Å². The molecule has 0 amide bonds. The Labute approximate surface area is 208 Å². The lowest BCUT2D eigenvalue weighted by atomic mass is 10.0. The van der Waals surface area contributed by atoms with Crippen LogP contribution in [0.2, 0.25) is 0 Å². The summed E-state index contributed by atoms with van der Waals surface area (Å²) in [6.07, 6.45) is 1.35. The summed E-state index contributed by atoms with van der Waals surface area (Å²) < 4.78 is 30.3. The van der Waals surface area contributed by atoms with E-state index in [1.807, 2.05) is 81.4 Å². The second kappa shape index (κ2) is 10.6. The maximum Gasteiger partial charge on any atom is 0.241 e. The molecule has 4 rings (SSSR count). The fourth-order valence-electron chi connectivity index (χ4n) is 5.03. The van der Waals surface area contributed by atoms with Crippen molar-refractivity contribution in [1.29, 1.82) is 0 Å². The molecule has 1 aliphatic heterocycles. The molecule has 3 aromatic carbocycles. The highest BCUT2D eigenvalue weighted by molar-refractivity contribution is 7.89. The minimum absolute atomic E-state index is 0.0861. The fraction of sp³-hybridized carbons (Fsp3) is 0.321. The fourth-order valence-corrected chi connectivity index (χ4v) is 6.71. The highest BCUT2D eigenvalue weighted by atomic mass is 32.2. The number of aliphatic imine (C=N–C) groups is 1. The molecule has 1 aliphatic rings. The van der Waals surface area contributed by atoms with Gasteiger partial charge in [-0.15, -0.1) is 0 Å². The number of rotatable bonds is 9. The summed E-state index contributed by atoms with van der Waals surface area (Å²) in [4.78, 5) is 6.90. The van der Waals surface area contributed by atoms with E-state index in [-0.39, 0.29) is 12.1 Å². The summed E-state index contributed by atoms with van der Waals surface area (Å²) in [7, 11) is -3.75. The van der Waals surface area contributed by atoms with Gasteiger partial charge in [-0.2, -0.15) is 0 Å². The molecule has 0 spiro atoms. The van der Waals surface area contributed by atoms with Gasteiger partial charge < -0.3 is 10.6 Å². The largest absolute Gasteiger partial charge is 0.370 e. The molecule has 184 valence electrons. The van der Waals surface area contributed by atoms with Crippen LogP contribution in [0.15, 0.2) is 82.7 Å². The van der Waals surface area contributed by atoms with Gasteiger partial charge in [0, 0.05) is 12.6 Å². The maximum atomic E-state index is 13.6. The third kappa shape index (κ3) is 6.10. The molecular formula is C28H34N4O2S. The van der Waals surface area contributed by atoms with Crippen molar-refractivity contribution in [3.8, 4) is 0 Å². The molecule has 0 aliphatic carbocycles. The average Bonchev–Trinajstić information content (AvgIpc) is 3.13. The van der Waals surface area contributed by atoms with Crippen molar-refractivity contribution in [2.24, 2.45) is 10.7 Å². The lowest BCUT2D eigenvalue weighted by molar-refractivity contribution is 0.307. The molecule has 3 aromatic rings. The molecule has 35 heavy (non-hydrogen) atoms. The van der Waals surface area contributed by atoms with Crippen molar-refractivity contribution in [2.75, 3.05) is 13.1 Å². The molecule has 0 saturated carbocycles. The molecule has 0 bridgehead atoms. The maximum absolute atomic E-state index is 13.6. The van der Waals surface area contributed by atoms with Crippen LogP contribution in [0.25, 0.3) is 0 Å². The number of nitrogens with zero attached hydrogens (tertiary/aromatic N) is 2. The molecule has 0 aromatic heterocycles. The summed E-state index contributed by atoms with van der Waals surface area (Å²) in [5.74, 6) is 0.464. The molecule has 0 saturated heterocycles. The normalized spacial score (nSPS) is 16.8. The van der Waals surface area contributed by atoms with E-state index < -0.39 is 10.0 Å². The Morgan fingerprint density at radius 3 is 2.14 bits per heavy atom. The second-order valence-corrected chi connectivity index (χ2v) is 11.1. The SMILES string of the molecule is Cc1cc(C)c(S(=O)(=O)N[C@@H](Cc2ccccc2)CN2C(N)=NC[C@@H]2Cc2ccccc2)c(C)c1. The third-order valence-electron chi connectivity index (χ3n) is 6.45. The van der Waals surface area contributed by atoms with E-state index >= 15 is 0 Å². The Balaban J connectivity index is 1.61. The van der Waals surface area contributed by atoms with Crippen molar-refractivity contribution < 1.29 is 8.42 Å². The topological polar surface area (TPSA) is 87.8 Å². The Morgan fingerprint density at radius 1 is 0.971 bits per heavy atom. The first-order chi connectivity index (χ1) is 16.7. The smallest absolute Gasteiger partial charge is 0.241 e. The number of hydrogen-bond donors (Lipinski definition) is 2. The van der Waals surface area contributed by atoms with E-state index in [1.165, 1.54) is 5.56 Å². The lowest BCUT2D eigenvalue weighted by Crippen LogP contribution is -2.51. The predicted octanol–water partition coefficient (Wildman–Crippen LogP) is 3.74. The van der Waals surface area contributed by atoms with Crippen molar-refractivity contribution in [2.45, 2.75) is 50.6 Å². The summed E-state index contributed by atoms with van der Waals surface area (Å²) in [5, 5.41) is 0. The minimum atomic E-state index is -3.75. The molecule has 0 radical (unpaired) electrons. The van der Waals surface area contributed by atoms with Gasteiger partial charge in [-0.1, -0.05) is 78.4 Å². The van der Waals surface area contributed by atoms with Gasteiger partial charge in [0.2, 0.25) is 10.0 Å². The second-order valence-electron chi connectivity index (χ2n) is 9.43. The highest BCUT2D eigenvalue weighted by Crippen LogP contribution is 2.23. The van der Waals surface area contributed by atoms with Crippen LogP contribution >= 0.6 is 0 Å². The van der Waals surface area contributed by atoms with Crippen LogP contribution in [0, 0.1) is 20.8 Å². The van der Waals surface area contributed by atoms with E-state index in [4.69, 9.17) is 5.73 Å². The minimum Gasteiger partial charge on any atom is -0.370 e. The summed E-state index contributed by atoms with van der Waals surface area (Å²) >= 11 is 0. The summed E-state index contributed by atoms with van der Waals surface area (Å²) in [6.45, 7) is 6.71. The van der Waals surface area contributed by atoms with Crippen LogP contribution in [0.3, 0.4) is 0 Å².